The van der Waals surface area contributed by atoms with Crippen molar-refractivity contribution in [3.05, 3.63) is 109 Å². The number of anilines is 1. The molecule has 0 fully saturated rings. The Hall–Kier alpha value is -4.11. The van der Waals surface area contributed by atoms with Crippen molar-refractivity contribution in [3.8, 4) is 16.9 Å². The third kappa shape index (κ3) is 3.27. The highest BCUT2D eigenvalue weighted by molar-refractivity contribution is 6.09. The van der Waals surface area contributed by atoms with Gasteiger partial charge in [-0.05, 0) is 57.4 Å². The summed E-state index contributed by atoms with van der Waals surface area (Å²) in [6.07, 6.45) is 0. The molecule has 3 nitrogen and oxygen atoms in total. The first kappa shape index (κ1) is 18.0. The van der Waals surface area contributed by atoms with Crippen LogP contribution < -0.4 is 5.32 Å². The standard InChI is InChI=1S/C27H19NO2/c29-22-14-15-26(25(17-22)24-11-5-9-19-7-3-4-10-23(19)24)28-27(30)21-13-12-18-6-1-2-8-20(18)16-21/h1-17,29H,(H,28,30). The molecule has 0 saturated carbocycles. The minimum absolute atomic E-state index is 0.154. The van der Waals surface area contributed by atoms with E-state index in [0.29, 0.717) is 11.3 Å². The molecule has 0 saturated heterocycles. The summed E-state index contributed by atoms with van der Waals surface area (Å²) in [5.41, 5.74) is 2.98. The number of phenols is 1. The third-order valence-electron chi connectivity index (χ3n) is 5.34. The van der Waals surface area contributed by atoms with Crippen molar-refractivity contribution in [3.63, 3.8) is 0 Å². The molecule has 0 bridgehead atoms. The monoisotopic (exact) mass is 389 g/mol. The highest BCUT2D eigenvalue weighted by atomic mass is 16.3. The van der Waals surface area contributed by atoms with E-state index in [-0.39, 0.29) is 11.7 Å². The normalized spacial score (nSPS) is 10.9. The molecule has 1 amide bonds. The van der Waals surface area contributed by atoms with Gasteiger partial charge in [-0.3, -0.25) is 4.79 Å². The molecule has 144 valence electrons. The molecule has 2 N–H and O–H groups in total. The fraction of sp³-hybridized carbons (Fsp3) is 0. The molecular weight excluding hydrogens is 370 g/mol. The fourth-order valence-corrected chi connectivity index (χ4v) is 3.85. The fourth-order valence-electron chi connectivity index (χ4n) is 3.85. The van der Waals surface area contributed by atoms with Crippen LogP contribution in [0.5, 0.6) is 5.75 Å². The van der Waals surface area contributed by atoms with Gasteiger partial charge in [0.1, 0.15) is 5.75 Å². The van der Waals surface area contributed by atoms with Crippen LogP contribution in [-0.4, -0.2) is 11.0 Å². The summed E-state index contributed by atoms with van der Waals surface area (Å²) in [6, 6.07) is 32.8. The quantitative estimate of drug-likeness (QED) is 0.341. The molecule has 3 heteroatoms. The molecule has 0 radical (unpaired) electrons. The number of hydrogen-bond acceptors (Lipinski definition) is 2. The third-order valence-corrected chi connectivity index (χ3v) is 5.34. The number of carbonyl (C=O) groups is 1. The van der Waals surface area contributed by atoms with Crippen LogP contribution in [0.15, 0.2) is 103 Å². The Balaban J connectivity index is 1.57. The van der Waals surface area contributed by atoms with E-state index in [1.54, 1.807) is 18.2 Å². The van der Waals surface area contributed by atoms with Crippen LogP contribution in [0.4, 0.5) is 5.69 Å². The van der Waals surface area contributed by atoms with E-state index in [4.69, 9.17) is 0 Å². The van der Waals surface area contributed by atoms with Gasteiger partial charge in [0.25, 0.3) is 5.91 Å². The summed E-state index contributed by atoms with van der Waals surface area (Å²) in [5.74, 6) is -0.0328. The number of aromatic hydroxyl groups is 1. The maximum atomic E-state index is 13.0. The van der Waals surface area contributed by atoms with Gasteiger partial charge in [0, 0.05) is 16.8 Å². The Kier molecular flexibility index (Phi) is 4.41. The van der Waals surface area contributed by atoms with Gasteiger partial charge in [0.2, 0.25) is 0 Å². The topological polar surface area (TPSA) is 49.3 Å². The summed E-state index contributed by atoms with van der Waals surface area (Å²) in [5, 5.41) is 17.4. The lowest BCUT2D eigenvalue weighted by Crippen LogP contribution is -2.12. The van der Waals surface area contributed by atoms with E-state index in [0.717, 1.165) is 32.7 Å². The molecule has 0 atom stereocenters. The van der Waals surface area contributed by atoms with Crippen LogP contribution in [-0.2, 0) is 0 Å². The zero-order valence-corrected chi connectivity index (χ0v) is 16.2. The van der Waals surface area contributed by atoms with Crippen molar-refractivity contribution in [2.45, 2.75) is 0 Å². The van der Waals surface area contributed by atoms with Gasteiger partial charge in [-0.15, -0.1) is 0 Å². The second-order valence-electron chi connectivity index (χ2n) is 7.27. The average Bonchev–Trinajstić information content (AvgIpc) is 2.79. The Morgan fingerprint density at radius 1 is 0.633 bits per heavy atom. The summed E-state index contributed by atoms with van der Waals surface area (Å²) >= 11 is 0. The first-order chi connectivity index (χ1) is 14.7. The van der Waals surface area contributed by atoms with Crippen LogP contribution >= 0.6 is 0 Å². The van der Waals surface area contributed by atoms with Gasteiger partial charge in [-0.1, -0.05) is 72.8 Å². The predicted octanol–water partition coefficient (Wildman–Crippen LogP) is 6.62. The van der Waals surface area contributed by atoms with Crippen molar-refractivity contribution in [1.29, 1.82) is 0 Å². The Bertz CT molecular complexity index is 1400. The van der Waals surface area contributed by atoms with Crippen LogP contribution in [0, 0.1) is 0 Å². The van der Waals surface area contributed by atoms with Crippen LogP contribution in [0.1, 0.15) is 10.4 Å². The minimum Gasteiger partial charge on any atom is -0.508 e. The first-order valence-corrected chi connectivity index (χ1v) is 9.80. The van der Waals surface area contributed by atoms with E-state index >= 15 is 0 Å². The Labute approximate surface area is 174 Å². The largest absolute Gasteiger partial charge is 0.508 e. The zero-order chi connectivity index (χ0) is 20.5. The number of fused-ring (bicyclic) bond motifs is 2. The van der Waals surface area contributed by atoms with Crippen molar-refractivity contribution < 1.29 is 9.90 Å². The zero-order valence-electron chi connectivity index (χ0n) is 16.2. The Morgan fingerprint density at radius 2 is 1.37 bits per heavy atom. The highest BCUT2D eigenvalue weighted by Gasteiger charge is 2.14. The van der Waals surface area contributed by atoms with Gasteiger partial charge >= 0.3 is 0 Å². The summed E-state index contributed by atoms with van der Waals surface area (Å²) < 4.78 is 0. The van der Waals surface area contributed by atoms with Gasteiger partial charge in [0.15, 0.2) is 0 Å². The van der Waals surface area contributed by atoms with Gasteiger partial charge in [0.05, 0.1) is 0 Å². The van der Waals surface area contributed by atoms with E-state index in [2.05, 4.69) is 17.4 Å². The van der Waals surface area contributed by atoms with E-state index in [9.17, 15) is 9.90 Å². The average molecular weight is 389 g/mol. The molecule has 0 aromatic heterocycles. The number of benzene rings is 5. The highest BCUT2D eigenvalue weighted by Crippen LogP contribution is 2.36. The molecule has 0 unspecified atom stereocenters. The first-order valence-electron chi connectivity index (χ1n) is 9.80. The molecule has 0 heterocycles. The summed E-state index contributed by atoms with van der Waals surface area (Å²) in [6.45, 7) is 0. The van der Waals surface area contributed by atoms with Crippen molar-refractivity contribution in [2.24, 2.45) is 0 Å². The molecule has 5 rings (SSSR count). The van der Waals surface area contributed by atoms with E-state index in [1.165, 1.54) is 0 Å². The minimum atomic E-state index is -0.187. The smallest absolute Gasteiger partial charge is 0.255 e. The van der Waals surface area contributed by atoms with Gasteiger partial charge in [-0.2, -0.15) is 0 Å². The molecular formula is C27H19NO2. The van der Waals surface area contributed by atoms with Crippen LogP contribution in [0.3, 0.4) is 0 Å². The molecule has 0 spiro atoms. The lowest BCUT2D eigenvalue weighted by Gasteiger charge is -2.14. The lowest BCUT2D eigenvalue weighted by atomic mass is 9.96. The van der Waals surface area contributed by atoms with Crippen molar-refractivity contribution >= 4 is 33.1 Å². The summed E-state index contributed by atoms with van der Waals surface area (Å²) in [7, 11) is 0. The number of rotatable bonds is 3. The SMILES string of the molecule is O=C(Nc1ccc(O)cc1-c1cccc2ccccc12)c1ccc2ccccc2c1. The molecule has 0 aliphatic carbocycles. The van der Waals surface area contributed by atoms with Crippen molar-refractivity contribution in [2.75, 3.05) is 5.32 Å². The number of carbonyl (C=O) groups excluding carboxylic acids is 1. The second-order valence-corrected chi connectivity index (χ2v) is 7.27. The molecule has 5 aromatic rings. The molecule has 5 aromatic carbocycles. The number of hydrogen-bond donors (Lipinski definition) is 2. The maximum absolute atomic E-state index is 13.0. The van der Waals surface area contributed by atoms with E-state index in [1.807, 2.05) is 72.8 Å². The van der Waals surface area contributed by atoms with Gasteiger partial charge < -0.3 is 10.4 Å². The summed E-state index contributed by atoms with van der Waals surface area (Å²) in [4.78, 5) is 13.0. The van der Waals surface area contributed by atoms with Gasteiger partial charge in [-0.25, -0.2) is 0 Å². The van der Waals surface area contributed by atoms with E-state index < -0.39 is 0 Å². The lowest BCUT2D eigenvalue weighted by molar-refractivity contribution is 0.102. The van der Waals surface area contributed by atoms with Crippen molar-refractivity contribution in [1.82, 2.24) is 0 Å². The molecule has 0 aliphatic rings. The molecule has 0 aliphatic heterocycles. The number of amides is 1. The second kappa shape index (κ2) is 7.37. The number of nitrogens with one attached hydrogen (secondary N) is 1. The maximum Gasteiger partial charge on any atom is 0.255 e. The van der Waals surface area contributed by atoms with Crippen LogP contribution in [0.2, 0.25) is 0 Å². The number of phenolic OH excluding ortho intramolecular Hbond substituents is 1. The van der Waals surface area contributed by atoms with Crippen LogP contribution in [0.25, 0.3) is 32.7 Å². The molecule has 30 heavy (non-hydrogen) atoms. The Morgan fingerprint density at radius 3 is 2.23 bits per heavy atom. The predicted molar refractivity (Wildman–Crippen MR) is 123 cm³/mol.